The van der Waals surface area contributed by atoms with E-state index < -0.39 is 0 Å². The van der Waals surface area contributed by atoms with E-state index >= 15 is 0 Å². The maximum absolute atomic E-state index is 11.8. The van der Waals surface area contributed by atoms with Crippen molar-refractivity contribution < 1.29 is 9.59 Å². The molecule has 1 aromatic carbocycles. The van der Waals surface area contributed by atoms with Gasteiger partial charge in [0.2, 0.25) is 5.91 Å². The Morgan fingerprint density at radius 3 is 2.35 bits per heavy atom. The molecule has 0 aliphatic rings. The fraction of sp³-hybridized carbons (Fsp3) is 0.579. The number of amides is 1. The molecule has 0 radical (unpaired) electrons. The molecule has 0 heterocycles. The normalized spacial score (nSPS) is 12.0. The first-order chi connectivity index (χ1) is 11.1. The summed E-state index contributed by atoms with van der Waals surface area (Å²) in [4.78, 5) is 23.1. The summed E-state index contributed by atoms with van der Waals surface area (Å²) in [5.41, 5.74) is 1.81. The van der Waals surface area contributed by atoms with Crippen LogP contribution < -0.4 is 10.6 Å². The van der Waals surface area contributed by atoms with E-state index in [9.17, 15) is 9.59 Å². The molecule has 0 saturated heterocycles. The van der Waals surface area contributed by atoms with E-state index in [0.29, 0.717) is 12.0 Å². The van der Waals surface area contributed by atoms with Crippen LogP contribution in [-0.4, -0.2) is 31.8 Å². The molecule has 0 fully saturated rings. The van der Waals surface area contributed by atoms with Gasteiger partial charge in [0.1, 0.15) is 0 Å². The number of hydrogen-bond acceptors (Lipinski definition) is 3. The van der Waals surface area contributed by atoms with Crippen LogP contribution in [0.3, 0.4) is 0 Å². The number of carbonyl (C=O) groups excluding carboxylic acids is 2. The predicted molar refractivity (Wildman–Crippen MR) is 94.9 cm³/mol. The summed E-state index contributed by atoms with van der Waals surface area (Å²) in [6.07, 6.45) is 5.39. The van der Waals surface area contributed by atoms with E-state index in [1.165, 1.54) is 25.7 Å². The van der Waals surface area contributed by atoms with Gasteiger partial charge in [0.05, 0.1) is 0 Å². The summed E-state index contributed by atoms with van der Waals surface area (Å²) in [7, 11) is 1.66. The number of benzene rings is 1. The molecule has 1 atom stereocenters. The Hall–Kier alpha value is -1.68. The minimum Gasteiger partial charge on any atom is -0.359 e. The van der Waals surface area contributed by atoms with Crippen LogP contribution in [0.25, 0.3) is 0 Å². The van der Waals surface area contributed by atoms with Crippen LogP contribution in [0.15, 0.2) is 24.3 Å². The van der Waals surface area contributed by atoms with Gasteiger partial charge in [-0.25, -0.2) is 0 Å². The number of hydrogen-bond donors (Lipinski definition) is 2. The van der Waals surface area contributed by atoms with Gasteiger partial charge in [-0.3, -0.25) is 9.59 Å². The largest absolute Gasteiger partial charge is 0.359 e. The predicted octanol–water partition coefficient (Wildman–Crippen LogP) is 3.28. The van der Waals surface area contributed by atoms with Crippen LogP contribution in [0.2, 0.25) is 0 Å². The van der Waals surface area contributed by atoms with E-state index in [1.807, 2.05) is 24.3 Å². The highest BCUT2D eigenvalue weighted by molar-refractivity contribution is 5.94. The number of ketones is 1. The maximum Gasteiger partial charge on any atom is 0.220 e. The molecule has 4 nitrogen and oxygen atoms in total. The van der Waals surface area contributed by atoms with Gasteiger partial charge in [0, 0.05) is 31.5 Å². The Bertz CT molecular complexity index is 483. The lowest BCUT2D eigenvalue weighted by Crippen LogP contribution is -2.28. The van der Waals surface area contributed by atoms with E-state index in [1.54, 1.807) is 14.0 Å². The fourth-order valence-corrected chi connectivity index (χ4v) is 2.58. The van der Waals surface area contributed by atoms with Crippen molar-refractivity contribution in [2.75, 3.05) is 20.1 Å². The van der Waals surface area contributed by atoms with Gasteiger partial charge in [-0.1, -0.05) is 50.5 Å². The van der Waals surface area contributed by atoms with E-state index in [2.05, 4.69) is 17.6 Å². The van der Waals surface area contributed by atoms with Crippen molar-refractivity contribution in [1.82, 2.24) is 10.6 Å². The minimum absolute atomic E-state index is 0.0402. The van der Waals surface area contributed by atoms with E-state index in [4.69, 9.17) is 0 Å². The van der Waals surface area contributed by atoms with Crippen molar-refractivity contribution in [2.45, 2.75) is 51.9 Å². The van der Waals surface area contributed by atoms with E-state index in [0.717, 1.165) is 18.7 Å². The number of Topliss-reactive ketones (excluding diaryl/α,β-unsaturated/α-hetero) is 1. The minimum atomic E-state index is 0.0402. The highest BCUT2D eigenvalue weighted by Crippen LogP contribution is 2.20. The maximum atomic E-state index is 11.8. The molecule has 0 aliphatic heterocycles. The lowest BCUT2D eigenvalue weighted by atomic mass is 9.93. The Labute approximate surface area is 140 Å². The lowest BCUT2D eigenvalue weighted by Gasteiger charge is -2.18. The summed E-state index contributed by atoms with van der Waals surface area (Å²) in [6, 6.07) is 7.61. The van der Waals surface area contributed by atoms with Gasteiger partial charge in [-0.15, -0.1) is 0 Å². The van der Waals surface area contributed by atoms with Gasteiger partial charge >= 0.3 is 0 Å². The second-order valence-corrected chi connectivity index (χ2v) is 6.02. The molecule has 0 aliphatic carbocycles. The third kappa shape index (κ3) is 7.42. The Morgan fingerprint density at radius 1 is 1.09 bits per heavy atom. The third-order valence-electron chi connectivity index (χ3n) is 4.10. The first kappa shape index (κ1) is 19.4. The molecule has 1 aromatic rings. The summed E-state index contributed by atoms with van der Waals surface area (Å²) < 4.78 is 0. The summed E-state index contributed by atoms with van der Waals surface area (Å²) in [5, 5.41) is 6.16. The monoisotopic (exact) mass is 318 g/mol. The molecule has 1 amide bonds. The van der Waals surface area contributed by atoms with Crippen LogP contribution in [0.5, 0.6) is 0 Å². The molecule has 4 heteroatoms. The third-order valence-corrected chi connectivity index (χ3v) is 4.10. The topological polar surface area (TPSA) is 58.2 Å². The van der Waals surface area contributed by atoms with Gasteiger partial charge in [-0.2, -0.15) is 0 Å². The molecule has 0 aromatic heterocycles. The molecule has 0 saturated carbocycles. The van der Waals surface area contributed by atoms with Crippen molar-refractivity contribution in [3.8, 4) is 0 Å². The highest BCUT2D eigenvalue weighted by atomic mass is 16.1. The fourth-order valence-electron chi connectivity index (χ4n) is 2.58. The van der Waals surface area contributed by atoms with Crippen LogP contribution in [-0.2, 0) is 4.79 Å². The quantitative estimate of drug-likeness (QED) is 0.486. The van der Waals surface area contributed by atoms with Gasteiger partial charge in [0.25, 0.3) is 0 Å². The number of carbonyl (C=O) groups is 2. The van der Waals surface area contributed by atoms with E-state index in [-0.39, 0.29) is 17.6 Å². The standard InChI is InChI=1S/C19H30N2O2/c1-4-5-6-7-12-21-14-18(13-19(23)20-3)17-10-8-16(9-11-17)15(2)22/h8-11,18,21H,4-7,12-14H2,1-3H3,(H,20,23). The van der Waals surface area contributed by atoms with Crippen LogP contribution in [0.4, 0.5) is 0 Å². The van der Waals surface area contributed by atoms with Crippen LogP contribution >= 0.6 is 0 Å². The number of nitrogens with one attached hydrogen (secondary N) is 2. The Morgan fingerprint density at radius 2 is 1.78 bits per heavy atom. The molecular formula is C19H30N2O2. The van der Waals surface area contributed by atoms with Crippen molar-refractivity contribution in [3.05, 3.63) is 35.4 Å². The van der Waals surface area contributed by atoms with Crippen molar-refractivity contribution in [2.24, 2.45) is 0 Å². The first-order valence-electron chi connectivity index (χ1n) is 8.60. The molecule has 1 unspecified atom stereocenters. The molecular weight excluding hydrogens is 288 g/mol. The summed E-state index contributed by atoms with van der Waals surface area (Å²) in [5.74, 6) is 0.231. The highest BCUT2D eigenvalue weighted by Gasteiger charge is 2.15. The molecule has 0 bridgehead atoms. The summed E-state index contributed by atoms with van der Waals surface area (Å²) in [6.45, 7) is 5.53. The van der Waals surface area contributed by atoms with Crippen molar-refractivity contribution in [1.29, 1.82) is 0 Å². The Kier molecular flexibility index (Phi) is 9.22. The number of rotatable bonds is 11. The second kappa shape index (κ2) is 10.9. The second-order valence-electron chi connectivity index (χ2n) is 6.02. The van der Waals surface area contributed by atoms with Gasteiger partial charge < -0.3 is 10.6 Å². The smallest absolute Gasteiger partial charge is 0.220 e. The Balaban J connectivity index is 2.60. The van der Waals surface area contributed by atoms with Crippen molar-refractivity contribution >= 4 is 11.7 Å². The molecule has 128 valence electrons. The SMILES string of the molecule is CCCCCCNCC(CC(=O)NC)c1ccc(C(C)=O)cc1. The molecule has 0 spiro atoms. The van der Waals surface area contributed by atoms with Gasteiger partial charge in [-0.05, 0) is 25.5 Å². The zero-order chi connectivity index (χ0) is 17.1. The zero-order valence-corrected chi connectivity index (χ0v) is 14.7. The van der Waals surface area contributed by atoms with Gasteiger partial charge in [0.15, 0.2) is 5.78 Å². The molecule has 23 heavy (non-hydrogen) atoms. The lowest BCUT2D eigenvalue weighted by molar-refractivity contribution is -0.121. The van der Waals surface area contributed by atoms with Crippen molar-refractivity contribution in [3.63, 3.8) is 0 Å². The van der Waals surface area contributed by atoms with Crippen LogP contribution in [0.1, 0.15) is 67.8 Å². The average molecular weight is 318 g/mol. The zero-order valence-electron chi connectivity index (χ0n) is 14.7. The van der Waals surface area contributed by atoms with Crippen LogP contribution in [0, 0.1) is 0 Å². The first-order valence-corrected chi connectivity index (χ1v) is 8.60. The average Bonchev–Trinajstić information content (AvgIpc) is 2.56. The molecule has 2 N–H and O–H groups in total. The summed E-state index contributed by atoms with van der Waals surface area (Å²) >= 11 is 0. The number of unbranched alkanes of at least 4 members (excludes halogenated alkanes) is 3. The molecule has 1 rings (SSSR count).